The van der Waals surface area contributed by atoms with Crippen molar-refractivity contribution < 1.29 is 18.7 Å². The van der Waals surface area contributed by atoms with Gasteiger partial charge >= 0.3 is 0 Å². The maximum absolute atomic E-state index is 14.9. The Hall–Kier alpha value is -1.73. The number of amides is 1. The van der Waals surface area contributed by atoms with E-state index >= 15 is 0 Å². The molecule has 8 heteroatoms. The van der Waals surface area contributed by atoms with Crippen molar-refractivity contribution in [2.75, 3.05) is 13.1 Å². The minimum absolute atomic E-state index is 0.0312. The number of fused-ring (bicyclic) bond motifs is 1. The number of rotatable bonds is 4. The van der Waals surface area contributed by atoms with Crippen LogP contribution in [0.5, 0.6) is 0 Å². The average Bonchev–Trinajstić information content (AvgIpc) is 3.08. The van der Waals surface area contributed by atoms with Gasteiger partial charge in [-0.1, -0.05) is 18.5 Å². The number of hydrogen-bond donors (Lipinski definition) is 2. The van der Waals surface area contributed by atoms with Crippen LogP contribution in [0.25, 0.3) is 10.9 Å². The number of nitrogens with one attached hydrogen (secondary N) is 1. The summed E-state index contributed by atoms with van der Waals surface area (Å²) >= 11 is 5.99. The number of carbonyl (C=O) groups is 1. The van der Waals surface area contributed by atoms with E-state index in [1.807, 2.05) is 0 Å². The highest BCUT2D eigenvalue weighted by molar-refractivity contribution is 6.31. The minimum atomic E-state index is -3.33. The van der Waals surface area contributed by atoms with Gasteiger partial charge in [-0.25, -0.2) is 8.78 Å². The lowest BCUT2D eigenvalue weighted by Crippen LogP contribution is -2.45. The Balaban J connectivity index is 1.82. The van der Waals surface area contributed by atoms with Crippen LogP contribution in [0.15, 0.2) is 18.3 Å². The van der Waals surface area contributed by atoms with Gasteiger partial charge in [-0.05, 0) is 25.0 Å². The van der Waals surface area contributed by atoms with Crippen LogP contribution in [-0.4, -0.2) is 45.1 Å². The minimum Gasteiger partial charge on any atom is -0.382 e. The fourth-order valence-corrected chi connectivity index (χ4v) is 3.67. The second-order valence-corrected chi connectivity index (χ2v) is 6.85. The highest BCUT2D eigenvalue weighted by atomic mass is 35.5. The van der Waals surface area contributed by atoms with Gasteiger partial charge in [-0.15, -0.1) is 0 Å². The first kappa shape index (κ1) is 18.1. The van der Waals surface area contributed by atoms with Crippen molar-refractivity contribution >= 4 is 28.4 Å². The lowest BCUT2D eigenvalue weighted by molar-refractivity contribution is -0.164. The van der Waals surface area contributed by atoms with Gasteiger partial charge in [0, 0.05) is 41.4 Å². The Kier molecular flexibility index (Phi) is 4.97. The van der Waals surface area contributed by atoms with Crippen LogP contribution < -0.4 is 0 Å². The van der Waals surface area contributed by atoms with Crippen LogP contribution in [0.2, 0.25) is 5.02 Å². The lowest BCUT2D eigenvalue weighted by atomic mass is 9.84. The Bertz CT molecular complexity index is 772. The summed E-state index contributed by atoms with van der Waals surface area (Å²) in [5.41, 5.74) is 0.396. The van der Waals surface area contributed by atoms with Crippen molar-refractivity contribution in [3.63, 3.8) is 0 Å². The van der Waals surface area contributed by atoms with E-state index < -0.39 is 17.9 Å². The summed E-state index contributed by atoms with van der Waals surface area (Å²) in [5.74, 6) is -4.36. The van der Waals surface area contributed by atoms with Crippen molar-refractivity contribution in [3.05, 3.63) is 28.9 Å². The Morgan fingerprint density at radius 1 is 1.48 bits per heavy atom. The molecule has 0 spiro atoms. The molecule has 2 aromatic rings. The van der Waals surface area contributed by atoms with Gasteiger partial charge in [0.25, 0.3) is 5.92 Å². The molecule has 2 N–H and O–H groups in total. The molecule has 136 valence electrons. The average molecular weight is 372 g/mol. The summed E-state index contributed by atoms with van der Waals surface area (Å²) in [7, 11) is 0. The summed E-state index contributed by atoms with van der Waals surface area (Å²) in [6.45, 7) is 2.32. The fraction of sp³-hybridized carbons (Fsp3) is 0.529. The van der Waals surface area contributed by atoms with E-state index in [2.05, 4.69) is 10.2 Å². The SMILES string of the molecule is CCC(=O)N1CCC(C(F)(F)[C@H](O)c2cc(Cl)cc3cn[nH]c23)CC1. The predicted octanol–water partition coefficient (Wildman–Crippen LogP) is 3.53. The van der Waals surface area contributed by atoms with Crippen molar-refractivity contribution in [1.29, 1.82) is 0 Å². The van der Waals surface area contributed by atoms with Crippen LogP contribution in [0.1, 0.15) is 37.9 Å². The van der Waals surface area contributed by atoms with E-state index in [1.54, 1.807) is 17.9 Å². The van der Waals surface area contributed by atoms with E-state index in [9.17, 15) is 18.7 Å². The summed E-state index contributed by atoms with van der Waals surface area (Å²) in [4.78, 5) is 13.3. The molecular weight excluding hydrogens is 352 g/mol. The Morgan fingerprint density at radius 3 is 2.80 bits per heavy atom. The maximum Gasteiger partial charge on any atom is 0.280 e. The fourth-order valence-electron chi connectivity index (χ4n) is 3.43. The summed E-state index contributed by atoms with van der Waals surface area (Å²) in [6, 6.07) is 2.94. The highest BCUT2D eigenvalue weighted by Gasteiger charge is 2.48. The number of aromatic nitrogens is 2. The van der Waals surface area contributed by atoms with Crippen molar-refractivity contribution in [1.82, 2.24) is 15.1 Å². The molecule has 0 bridgehead atoms. The molecule has 0 unspecified atom stereocenters. The maximum atomic E-state index is 14.9. The van der Waals surface area contributed by atoms with Gasteiger partial charge < -0.3 is 10.0 Å². The van der Waals surface area contributed by atoms with Crippen LogP contribution in [0.4, 0.5) is 8.78 Å². The van der Waals surface area contributed by atoms with Crippen molar-refractivity contribution in [3.8, 4) is 0 Å². The van der Waals surface area contributed by atoms with Crippen molar-refractivity contribution in [2.24, 2.45) is 5.92 Å². The van der Waals surface area contributed by atoms with E-state index in [-0.39, 0.29) is 42.4 Å². The third-order valence-electron chi connectivity index (χ3n) is 4.90. The number of piperidine rings is 1. The quantitative estimate of drug-likeness (QED) is 0.863. The molecule has 1 saturated heterocycles. The zero-order valence-corrected chi connectivity index (χ0v) is 14.6. The highest BCUT2D eigenvalue weighted by Crippen LogP contribution is 2.44. The van der Waals surface area contributed by atoms with Crippen LogP contribution >= 0.6 is 11.6 Å². The number of aliphatic hydroxyl groups excluding tert-OH is 1. The third-order valence-corrected chi connectivity index (χ3v) is 5.12. The first-order valence-electron chi connectivity index (χ1n) is 8.30. The molecule has 1 aromatic heterocycles. The molecule has 1 atom stereocenters. The number of carbonyl (C=O) groups excluding carboxylic acids is 1. The molecular formula is C17H20ClF2N3O2. The molecule has 1 aliphatic heterocycles. The second-order valence-electron chi connectivity index (χ2n) is 6.41. The number of alkyl halides is 2. The second kappa shape index (κ2) is 6.88. The van der Waals surface area contributed by atoms with Gasteiger partial charge in [0.1, 0.15) is 6.10 Å². The summed E-state index contributed by atoms with van der Waals surface area (Å²) in [6.07, 6.45) is 0.159. The first-order chi connectivity index (χ1) is 11.8. The predicted molar refractivity (Wildman–Crippen MR) is 90.6 cm³/mol. The van der Waals surface area contributed by atoms with Crippen LogP contribution in [-0.2, 0) is 4.79 Å². The molecule has 0 radical (unpaired) electrons. The monoisotopic (exact) mass is 371 g/mol. The van der Waals surface area contributed by atoms with Crippen molar-refractivity contribution in [2.45, 2.75) is 38.2 Å². The van der Waals surface area contributed by atoms with Gasteiger partial charge in [0.05, 0.1) is 11.7 Å². The normalized spacial score (nSPS) is 17.9. The van der Waals surface area contributed by atoms with E-state index in [1.165, 1.54) is 12.3 Å². The first-order valence-corrected chi connectivity index (χ1v) is 8.68. The van der Waals surface area contributed by atoms with E-state index in [0.29, 0.717) is 17.3 Å². The largest absolute Gasteiger partial charge is 0.382 e. The number of hydrogen-bond acceptors (Lipinski definition) is 3. The van der Waals surface area contributed by atoms with E-state index in [0.717, 1.165) is 0 Å². The Labute approximate surface area is 149 Å². The zero-order chi connectivity index (χ0) is 18.2. The van der Waals surface area contributed by atoms with Gasteiger partial charge in [-0.2, -0.15) is 5.10 Å². The smallest absolute Gasteiger partial charge is 0.280 e. The van der Waals surface area contributed by atoms with Gasteiger partial charge in [-0.3, -0.25) is 9.89 Å². The number of aromatic amines is 1. The number of aliphatic hydroxyl groups is 1. The zero-order valence-electron chi connectivity index (χ0n) is 13.8. The molecule has 0 aliphatic carbocycles. The summed E-state index contributed by atoms with van der Waals surface area (Å²) < 4.78 is 29.9. The number of benzene rings is 1. The number of nitrogens with zero attached hydrogens (tertiary/aromatic N) is 2. The molecule has 25 heavy (non-hydrogen) atoms. The Morgan fingerprint density at radius 2 is 2.16 bits per heavy atom. The van der Waals surface area contributed by atoms with Gasteiger partial charge in [0.2, 0.25) is 5.91 Å². The van der Waals surface area contributed by atoms with Crippen LogP contribution in [0, 0.1) is 5.92 Å². The molecule has 1 fully saturated rings. The molecule has 3 rings (SSSR count). The molecule has 1 amide bonds. The number of H-pyrrole nitrogens is 1. The van der Waals surface area contributed by atoms with E-state index in [4.69, 9.17) is 11.6 Å². The molecule has 2 heterocycles. The molecule has 1 aliphatic rings. The third kappa shape index (κ3) is 3.35. The molecule has 1 aromatic carbocycles. The molecule has 0 saturated carbocycles. The number of likely N-dealkylation sites (tertiary alicyclic amines) is 1. The lowest BCUT2D eigenvalue weighted by Gasteiger charge is -2.37. The summed E-state index contributed by atoms with van der Waals surface area (Å²) in [5, 5.41) is 17.7. The molecule has 5 nitrogen and oxygen atoms in total. The van der Waals surface area contributed by atoms with Crippen LogP contribution in [0.3, 0.4) is 0 Å². The topological polar surface area (TPSA) is 69.2 Å². The van der Waals surface area contributed by atoms with Gasteiger partial charge in [0.15, 0.2) is 0 Å². The number of halogens is 3. The standard InChI is InChI=1S/C17H20ClF2N3O2/c1-2-14(24)23-5-3-11(4-6-23)17(19,20)16(25)13-8-12(18)7-10-9-21-22-15(10)13/h7-9,11,16,25H,2-6H2,1H3,(H,21,22)/t16-/m1/s1.